The number of hydrogen-bond acceptors (Lipinski definition) is 4. The minimum absolute atomic E-state index is 0.0723. The predicted octanol–water partition coefficient (Wildman–Crippen LogP) is 5.76. The van der Waals surface area contributed by atoms with Crippen LogP contribution < -0.4 is 9.80 Å². The summed E-state index contributed by atoms with van der Waals surface area (Å²) < 4.78 is 7.78. The molecule has 0 bridgehead atoms. The lowest BCUT2D eigenvalue weighted by molar-refractivity contribution is -0.120. The fraction of sp³-hybridized carbons (Fsp3) is 0.344. The Morgan fingerprint density at radius 2 is 1.74 bits per heavy atom. The molecule has 0 radical (unpaired) electrons. The van der Waals surface area contributed by atoms with E-state index < -0.39 is 0 Å². The molecular weight excluding hydrogens is 488 g/mol. The van der Waals surface area contributed by atoms with Gasteiger partial charge in [0.2, 0.25) is 11.8 Å². The molecule has 5 rings (SSSR count). The van der Waals surface area contributed by atoms with Crippen LogP contribution in [0.2, 0.25) is 0 Å². The van der Waals surface area contributed by atoms with Crippen molar-refractivity contribution in [2.45, 2.75) is 53.0 Å². The number of para-hydroxylation sites is 4. The topological polar surface area (TPSA) is 67.7 Å². The van der Waals surface area contributed by atoms with Crippen molar-refractivity contribution in [1.82, 2.24) is 9.55 Å². The number of aryl methyl sites for hydroxylation is 3. The monoisotopic (exact) mass is 524 g/mol. The van der Waals surface area contributed by atoms with Crippen LogP contribution in [0.1, 0.15) is 48.7 Å². The lowest BCUT2D eigenvalue weighted by atomic mass is 10.0. The fourth-order valence-electron chi connectivity index (χ4n) is 5.61. The molecule has 4 aromatic rings. The van der Waals surface area contributed by atoms with Gasteiger partial charge in [0.05, 0.1) is 16.7 Å². The first kappa shape index (κ1) is 26.6. The average Bonchev–Trinajstić information content (AvgIpc) is 3.50. The molecule has 0 spiro atoms. The summed E-state index contributed by atoms with van der Waals surface area (Å²) in [6.45, 7) is 9.40. The Hall–Kier alpha value is -3.97. The summed E-state index contributed by atoms with van der Waals surface area (Å²) in [7, 11) is 0. The summed E-state index contributed by atoms with van der Waals surface area (Å²) >= 11 is 0. The first-order valence-corrected chi connectivity index (χ1v) is 13.7. The molecule has 1 fully saturated rings. The number of rotatable bonds is 9. The molecule has 39 heavy (non-hydrogen) atoms. The highest BCUT2D eigenvalue weighted by Crippen LogP contribution is 2.35. The smallest absolute Gasteiger partial charge is 0.248 e. The summed E-state index contributed by atoms with van der Waals surface area (Å²) in [6.07, 6.45) is 1.16. The number of fused-ring (bicyclic) bond motifs is 1. The standard InChI is InChI=1S/C32H36N4O3/c1-5-24-14-11-13-23(4)31(24)36(21-39-6-2)30(38)20-35-28-17-10-8-15-26(28)33-32(35)25-18-29(37)34(19-25)27-16-9-7-12-22(27)3/h7-17,25H,5-6,18-21H2,1-4H3/t25-/m0/s1. The third kappa shape index (κ3) is 5.19. The van der Waals surface area contributed by atoms with E-state index in [0.717, 1.165) is 51.3 Å². The van der Waals surface area contributed by atoms with E-state index in [9.17, 15) is 9.59 Å². The van der Waals surface area contributed by atoms with Gasteiger partial charge >= 0.3 is 0 Å². The molecule has 1 atom stereocenters. The third-order valence-corrected chi connectivity index (χ3v) is 7.57. The Balaban J connectivity index is 1.52. The fourth-order valence-corrected chi connectivity index (χ4v) is 5.61. The Morgan fingerprint density at radius 3 is 2.51 bits per heavy atom. The van der Waals surface area contributed by atoms with Gasteiger partial charge < -0.3 is 14.2 Å². The minimum atomic E-state index is -0.123. The van der Waals surface area contributed by atoms with Crippen LogP contribution in [0, 0.1) is 13.8 Å². The molecule has 1 saturated heterocycles. The summed E-state index contributed by atoms with van der Waals surface area (Å²) in [6, 6.07) is 21.9. The molecule has 2 amide bonds. The van der Waals surface area contributed by atoms with E-state index in [1.165, 1.54) is 0 Å². The van der Waals surface area contributed by atoms with Crippen LogP contribution in [-0.2, 0) is 27.3 Å². The molecule has 1 aromatic heterocycles. The summed E-state index contributed by atoms with van der Waals surface area (Å²) in [5, 5.41) is 0. The van der Waals surface area contributed by atoms with Gasteiger partial charge in [0.25, 0.3) is 0 Å². The van der Waals surface area contributed by atoms with Gasteiger partial charge in [0.15, 0.2) is 0 Å². The van der Waals surface area contributed by atoms with E-state index in [1.807, 2.05) is 90.9 Å². The SMILES string of the molecule is CCOCN(C(=O)Cn1c([C@H]2CC(=O)N(c3ccccc3C)C2)nc2ccccc21)c1c(C)cccc1CC. The van der Waals surface area contributed by atoms with Crippen LogP contribution in [0.3, 0.4) is 0 Å². The Bertz CT molecular complexity index is 1510. The maximum absolute atomic E-state index is 14.1. The van der Waals surface area contributed by atoms with Crippen LogP contribution in [0.25, 0.3) is 11.0 Å². The number of carbonyl (C=O) groups excluding carboxylic acids is 2. The quantitative estimate of drug-likeness (QED) is 0.261. The third-order valence-electron chi connectivity index (χ3n) is 7.57. The van der Waals surface area contributed by atoms with Crippen LogP contribution >= 0.6 is 0 Å². The highest BCUT2D eigenvalue weighted by molar-refractivity contribution is 5.98. The van der Waals surface area contributed by atoms with Crippen LogP contribution in [0.5, 0.6) is 0 Å². The zero-order valence-corrected chi connectivity index (χ0v) is 23.2. The van der Waals surface area contributed by atoms with Crippen LogP contribution in [-0.4, -0.2) is 41.2 Å². The molecule has 0 N–H and O–H groups in total. The highest BCUT2D eigenvalue weighted by Gasteiger charge is 2.36. The molecule has 202 valence electrons. The maximum atomic E-state index is 14.1. The van der Waals surface area contributed by atoms with Gasteiger partial charge in [-0.2, -0.15) is 0 Å². The van der Waals surface area contributed by atoms with E-state index in [1.54, 1.807) is 4.90 Å². The van der Waals surface area contributed by atoms with Crippen molar-refractivity contribution >= 4 is 34.2 Å². The normalized spacial score (nSPS) is 15.3. The largest absolute Gasteiger partial charge is 0.361 e. The van der Waals surface area contributed by atoms with Crippen molar-refractivity contribution in [3.63, 3.8) is 0 Å². The predicted molar refractivity (Wildman–Crippen MR) is 155 cm³/mol. The highest BCUT2D eigenvalue weighted by atomic mass is 16.5. The number of amides is 2. The Labute approximate surface area is 230 Å². The van der Waals surface area contributed by atoms with Crippen molar-refractivity contribution in [3.05, 3.63) is 89.2 Å². The zero-order valence-electron chi connectivity index (χ0n) is 23.2. The first-order valence-electron chi connectivity index (χ1n) is 13.7. The number of anilines is 2. The second-order valence-corrected chi connectivity index (χ2v) is 10.1. The van der Waals surface area contributed by atoms with Gasteiger partial charge in [-0.3, -0.25) is 14.5 Å². The maximum Gasteiger partial charge on any atom is 0.248 e. The van der Waals surface area contributed by atoms with Crippen molar-refractivity contribution < 1.29 is 14.3 Å². The molecule has 0 unspecified atom stereocenters. The zero-order chi connectivity index (χ0) is 27.5. The van der Waals surface area contributed by atoms with Crippen molar-refractivity contribution in [1.29, 1.82) is 0 Å². The minimum Gasteiger partial charge on any atom is -0.361 e. The van der Waals surface area contributed by atoms with Crippen molar-refractivity contribution in [2.75, 3.05) is 29.7 Å². The molecule has 7 nitrogen and oxygen atoms in total. The van der Waals surface area contributed by atoms with Gasteiger partial charge in [-0.05, 0) is 62.1 Å². The van der Waals surface area contributed by atoms with Gasteiger partial charge in [-0.25, -0.2) is 4.98 Å². The molecule has 1 aliphatic heterocycles. The summed E-state index contributed by atoms with van der Waals surface area (Å²) in [5.41, 5.74) is 6.75. The lowest BCUT2D eigenvalue weighted by Crippen LogP contribution is -2.37. The molecule has 2 heterocycles. The van der Waals surface area contributed by atoms with Gasteiger partial charge in [0, 0.05) is 31.2 Å². The molecular formula is C32H36N4O3. The average molecular weight is 525 g/mol. The van der Waals surface area contributed by atoms with E-state index in [0.29, 0.717) is 19.6 Å². The van der Waals surface area contributed by atoms with Gasteiger partial charge in [-0.1, -0.05) is 55.5 Å². The van der Waals surface area contributed by atoms with E-state index >= 15 is 0 Å². The van der Waals surface area contributed by atoms with E-state index in [2.05, 4.69) is 13.0 Å². The first-order chi connectivity index (χ1) is 18.9. The Morgan fingerprint density at radius 1 is 1.00 bits per heavy atom. The van der Waals surface area contributed by atoms with Gasteiger partial charge in [-0.15, -0.1) is 0 Å². The molecule has 0 aliphatic carbocycles. The number of nitrogens with zero attached hydrogens (tertiary/aromatic N) is 4. The Kier molecular flexibility index (Phi) is 7.79. The number of carbonyl (C=O) groups is 2. The molecule has 1 aliphatic rings. The number of ether oxygens (including phenoxy) is 1. The molecule has 7 heteroatoms. The number of imidazole rings is 1. The van der Waals surface area contributed by atoms with Gasteiger partial charge in [0.1, 0.15) is 19.1 Å². The number of benzene rings is 3. The molecule has 0 saturated carbocycles. The number of aromatic nitrogens is 2. The summed E-state index contributed by atoms with van der Waals surface area (Å²) in [4.78, 5) is 35.8. The lowest BCUT2D eigenvalue weighted by Gasteiger charge is -2.27. The second kappa shape index (κ2) is 11.4. The van der Waals surface area contributed by atoms with Crippen LogP contribution in [0.4, 0.5) is 11.4 Å². The summed E-state index contributed by atoms with van der Waals surface area (Å²) in [5.74, 6) is 0.648. The van der Waals surface area contributed by atoms with E-state index in [4.69, 9.17) is 9.72 Å². The van der Waals surface area contributed by atoms with Crippen molar-refractivity contribution in [2.24, 2.45) is 0 Å². The van der Waals surface area contributed by atoms with Crippen molar-refractivity contribution in [3.8, 4) is 0 Å². The number of hydrogen-bond donors (Lipinski definition) is 0. The van der Waals surface area contributed by atoms with Crippen LogP contribution in [0.15, 0.2) is 66.7 Å². The molecule has 3 aromatic carbocycles. The van der Waals surface area contributed by atoms with E-state index in [-0.39, 0.29) is 31.0 Å². The second-order valence-electron chi connectivity index (χ2n) is 10.1.